The van der Waals surface area contributed by atoms with Crippen LogP contribution in [-0.4, -0.2) is 29.8 Å². The van der Waals surface area contributed by atoms with Gasteiger partial charge in [-0.3, -0.25) is 9.59 Å². The van der Waals surface area contributed by atoms with Crippen molar-refractivity contribution in [3.63, 3.8) is 0 Å². The van der Waals surface area contributed by atoms with Gasteiger partial charge in [-0.2, -0.15) is 0 Å². The maximum Gasteiger partial charge on any atom is 0.232 e. The minimum absolute atomic E-state index is 0.138. The van der Waals surface area contributed by atoms with E-state index in [1.165, 1.54) is 12.1 Å². The van der Waals surface area contributed by atoms with E-state index in [0.29, 0.717) is 19.6 Å². The third-order valence-electron chi connectivity index (χ3n) is 3.05. The van der Waals surface area contributed by atoms with Crippen molar-refractivity contribution in [1.82, 2.24) is 10.2 Å². The van der Waals surface area contributed by atoms with E-state index in [2.05, 4.69) is 5.32 Å². The smallest absolute Gasteiger partial charge is 0.232 e. The SMILES string of the molecule is CCCN(CCC)C(=O)CC(=O)NCc1ccc(F)cc1. The first kappa shape index (κ1) is 17.1. The minimum Gasteiger partial charge on any atom is -0.352 e. The van der Waals surface area contributed by atoms with Gasteiger partial charge in [0.1, 0.15) is 12.2 Å². The maximum atomic E-state index is 12.8. The Labute approximate surface area is 125 Å². The Kier molecular flexibility index (Phi) is 7.43. The molecule has 1 N–H and O–H groups in total. The molecule has 1 aromatic carbocycles. The number of carbonyl (C=O) groups is 2. The van der Waals surface area contributed by atoms with E-state index in [-0.39, 0.29) is 24.1 Å². The Morgan fingerprint density at radius 3 is 2.19 bits per heavy atom. The topological polar surface area (TPSA) is 49.4 Å². The van der Waals surface area contributed by atoms with Crippen LogP contribution in [0.2, 0.25) is 0 Å². The van der Waals surface area contributed by atoms with E-state index in [9.17, 15) is 14.0 Å². The molecule has 0 heterocycles. The number of hydrogen-bond acceptors (Lipinski definition) is 2. The Morgan fingerprint density at radius 1 is 1.10 bits per heavy atom. The molecule has 0 aliphatic heterocycles. The Balaban J connectivity index is 2.41. The van der Waals surface area contributed by atoms with E-state index < -0.39 is 0 Å². The molecular formula is C16H23FN2O2. The van der Waals surface area contributed by atoms with Gasteiger partial charge in [0.25, 0.3) is 0 Å². The second kappa shape index (κ2) is 9.10. The van der Waals surface area contributed by atoms with Crippen LogP contribution in [0, 0.1) is 5.82 Å². The lowest BCUT2D eigenvalue weighted by Crippen LogP contribution is -2.36. The molecule has 5 heteroatoms. The van der Waals surface area contributed by atoms with Crippen LogP contribution in [-0.2, 0) is 16.1 Å². The van der Waals surface area contributed by atoms with Gasteiger partial charge in [-0.1, -0.05) is 26.0 Å². The summed E-state index contributed by atoms with van der Waals surface area (Å²) in [6, 6.07) is 5.91. The van der Waals surface area contributed by atoms with Gasteiger partial charge in [-0.15, -0.1) is 0 Å². The van der Waals surface area contributed by atoms with Crippen molar-refractivity contribution < 1.29 is 14.0 Å². The summed E-state index contributed by atoms with van der Waals surface area (Å²) in [7, 11) is 0. The molecule has 0 aliphatic carbocycles. The first-order valence-electron chi connectivity index (χ1n) is 7.35. The molecule has 21 heavy (non-hydrogen) atoms. The number of halogens is 1. The van der Waals surface area contributed by atoms with Crippen LogP contribution >= 0.6 is 0 Å². The van der Waals surface area contributed by atoms with Crippen molar-refractivity contribution in [2.45, 2.75) is 39.7 Å². The second-order valence-electron chi connectivity index (χ2n) is 4.96. The van der Waals surface area contributed by atoms with Crippen LogP contribution in [0.5, 0.6) is 0 Å². The fourth-order valence-electron chi connectivity index (χ4n) is 2.02. The monoisotopic (exact) mass is 294 g/mol. The number of hydrogen-bond donors (Lipinski definition) is 1. The molecule has 0 aliphatic rings. The molecule has 0 aromatic heterocycles. The zero-order chi connectivity index (χ0) is 15.7. The molecule has 0 saturated carbocycles. The highest BCUT2D eigenvalue weighted by Crippen LogP contribution is 2.03. The number of carbonyl (C=O) groups excluding carboxylic acids is 2. The maximum absolute atomic E-state index is 12.8. The molecule has 1 rings (SSSR count). The zero-order valence-electron chi connectivity index (χ0n) is 12.7. The average Bonchev–Trinajstić information content (AvgIpc) is 2.46. The highest BCUT2D eigenvalue weighted by Gasteiger charge is 2.15. The summed E-state index contributed by atoms with van der Waals surface area (Å²) in [5.41, 5.74) is 0.802. The summed E-state index contributed by atoms with van der Waals surface area (Å²) < 4.78 is 12.8. The lowest BCUT2D eigenvalue weighted by Gasteiger charge is -2.21. The average molecular weight is 294 g/mol. The largest absolute Gasteiger partial charge is 0.352 e. The predicted octanol–water partition coefficient (Wildman–Crippen LogP) is 2.48. The van der Waals surface area contributed by atoms with Crippen LogP contribution in [0.3, 0.4) is 0 Å². The van der Waals surface area contributed by atoms with Gasteiger partial charge in [0.05, 0.1) is 0 Å². The van der Waals surface area contributed by atoms with Gasteiger partial charge < -0.3 is 10.2 Å². The summed E-state index contributed by atoms with van der Waals surface area (Å²) >= 11 is 0. The van der Waals surface area contributed by atoms with E-state index in [0.717, 1.165) is 18.4 Å². The van der Waals surface area contributed by atoms with Gasteiger partial charge >= 0.3 is 0 Å². The summed E-state index contributed by atoms with van der Waals surface area (Å²) in [6.07, 6.45) is 1.62. The van der Waals surface area contributed by atoms with Crippen molar-refractivity contribution >= 4 is 11.8 Å². The molecular weight excluding hydrogens is 271 g/mol. The van der Waals surface area contributed by atoms with E-state index in [1.54, 1.807) is 17.0 Å². The highest BCUT2D eigenvalue weighted by atomic mass is 19.1. The molecule has 116 valence electrons. The van der Waals surface area contributed by atoms with Gasteiger partial charge in [0.15, 0.2) is 0 Å². The minimum atomic E-state index is -0.310. The van der Waals surface area contributed by atoms with Gasteiger partial charge in [-0.25, -0.2) is 4.39 Å². The number of rotatable bonds is 8. The van der Waals surface area contributed by atoms with E-state index in [4.69, 9.17) is 0 Å². The summed E-state index contributed by atoms with van der Waals surface area (Å²) in [5, 5.41) is 2.68. The van der Waals surface area contributed by atoms with Crippen molar-refractivity contribution in [3.8, 4) is 0 Å². The summed E-state index contributed by atoms with van der Waals surface area (Å²) in [6.45, 7) is 5.67. The fraction of sp³-hybridized carbons (Fsp3) is 0.500. The first-order chi connectivity index (χ1) is 10.1. The van der Waals surface area contributed by atoms with Crippen LogP contribution < -0.4 is 5.32 Å². The molecule has 0 saturated heterocycles. The molecule has 4 nitrogen and oxygen atoms in total. The van der Waals surface area contributed by atoms with Gasteiger partial charge in [-0.05, 0) is 30.5 Å². The summed E-state index contributed by atoms with van der Waals surface area (Å²) in [4.78, 5) is 25.5. The number of benzene rings is 1. The van der Waals surface area contributed by atoms with Crippen molar-refractivity contribution in [2.24, 2.45) is 0 Å². The molecule has 0 fully saturated rings. The quantitative estimate of drug-likeness (QED) is 0.749. The lowest BCUT2D eigenvalue weighted by atomic mass is 10.2. The molecule has 0 spiro atoms. The first-order valence-corrected chi connectivity index (χ1v) is 7.35. The third-order valence-corrected chi connectivity index (χ3v) is 3.05. The number of amides is 2. The number of nitrogens with one attached hydrogen (secondary N) is 1. The molecule has 1 aromatic rings. The van der Waals surface area contributed by atoms with Crippen LogP contribution in [0.15, 0.2) is 24.3 Å². The Hall–Kier alpha value is -1.91. The Morgan fingerprint density at radius 2 is 1.67 bits per heavy atom. The molecule has 0 unspecified atom stereocenters. The van der Waals surface area contributed by atoms with Crippen LogP contribution in [0.1, 0.15) is 38.7 Å². The predicted molar refractivity (Wildman–Crippen MR) is 80.0 cm³/mol. The standard InChI is InChI=1S/C16H23FN2O2/c1-3-9-19(10-4-2)16(21)11-15(20)18-12-13-5-7-14(17)8-6-13/h5-8H,3-4,9-12H2,1-2H3,(H,18,20). The number of nitrogens with zero attached hydrogens (tertiary/aromatic N) is 1. The molecule has 0 bridgehead atoms. The fourth-order valence-corrected chi connectivity index (χ4v) is 2.02. The van der Waals surface area contributed by atoms with E-state index >= 15 is 0 Å². The van der Waals surface area contributed by atoms with Crippen LogP contribution in [0.25, 0.3) is 0 Å². The van der Waals surface area contributed by atoms with Crippen LogP contribution in [0.4, 0.5) is 4.39 Å². The van der Waals surface area contributed by atoms with Crippen molar-refractivity contribution in [3.05, 3.63) is 35.6 Å². The van der Waals surface area contributed by atoms with Gasteiger partial charge in [0, 0.05) is 19.6 Å². The zero-order valence-corrected chi connectivity index (χ0v) is 12.7. The molecule has 0 radical (unpaired) electrons. The summed E-state index contributed by atoms with van der Waals surface area (Å²) in [5.74, 6) is -0.758. The molecule has 0 atom stereocenters. The van der Waals surface area contributed by atoms with Crippen molar-refractivity contribution in [1.29, 1.82) is 0 Å². The lowest BCUT2D eigenvalue weighted by molar-refractivity contribution is -0.136. The third kappa shape index (κ3) is 6.38. The molecule has 2 amide bonds. The normalized spacial score (nSPS) is 10.2. The Bertz CT molecular complexity index is 454. The second-order valence-corrected chi connectivity index (χ2v) is 4.96. The van der Waals surface area contributed by atoms with Gasteiger partial charge in [0.2, 0.25) is 11.8 Å². The highest BCUT2D eigenvalue weighted by molar-refractivity contribution is 5.96. The van der Waals surface area contributed by atoms with Crippen molar-refractivity contribution in [2.75, 3.05) is 13.1 Å². The van der Waals surface area contributed by atoms with E-state index in [1.807, 2.05) is 13.8 Å².